The fraction of sp³-hybridized carbons (Fsp3) is 0.429. The second kappa shape index (κ2) is 5.98. The molecule has 0 aliphatic heterocycles. The Balaban J connectivity index is 1.94. The van der Waals surface area contributed by atoms with Crippen molar-refractivity contribution >= 4 is 11.9 Å². The van der Waals surface area contributed by atoms with Gasteiger partial charge in [0.05, 0.1) is 6.42 Å². The van der Waals surface area contributed by atoms with E-state index in [2.05, 4.69) is 5.32 Å². The number of halogens is 2. The van der Waals surface area contributed by atoms with Crippen LogP contribution in [0.3, 0.4) is 0 Å². The molecule has 1 aromatic carbocycles. The molecule has 1 saturated carbocycles. The second-order valence-electron chi connectivity index (χ2n) is 5.09. The number of aliphatic carboxylic acids is 1. The van der Waals surface area contributed by atoms with Gasteiger partial charge in [-0.25, -0.2) is 13.6 Å². The number of nitrogens with one attached hydrogen (secondary N) is 1. The van der Waals surface area contributed by atoms with Crippen molar-refractivity contribution in [2.45, 2.75) is 31.7 Å². The van der Waals surface area contributed by atoms with E-state index in [9.17, 15) is 18.4 Å². The molecule has 0 heterocycles. The van der Waals surface area contributed by atoms with Crippen molar-refractivity contribution in [1.82, 2.24) is 5.32 Å². The summed E-state index contributed by atoms with van der Waals surface area (Å²) in [5, 5.41) is 11.4. The summed E-state index contributed by atoms with van der Waals surface area (Å²) >= 11 is 0. The molecular formula is C14H15F2NO3. The van der Waals surface area contributed by atoms with Crippen LogP contribution >= 0.6 is 0 Å². The van der Waals surface area contributed by atoms with Gasteiger partial charge in [0, 0.05) is 6.07 Å². The molecule has 1 aliphatic rings. The third-order valence-corrected chi connectivity index (χ3v) is 3.19. The van der Waals surface area contributed by atoms with Crippen molar-refractivity contribution < 1.29 is 23.5 Å². The second-order valence-corrected chi connectivity index (χ2v) is 5.09. The van der Waals surface area contributed by atoms with Gasteiger partial charge in [-0.15, -0.1) is 0 Å². The minimum atomic E-state index is -1.09. The van der Waals surface area contributed by atoms with Gasteiger partial charge in [0.1, 0.15) is 17.7 Å². The van der Waals surface area contributed by atoms with Gasteiger partial charge in [0.25, 0.3) is 0 Å². The van der Waals surface area contributed by atoms with Crippen LogP contribution in [0.4, 0.5) is 8.78 Å². The molecule has 2 rings (SSSR count). The van der Waals surface area contributed by atoms with Gasteiger partial charge in [0.2, 0.25) is 5.91 Å². The molecule has 0 spiro atoms. The van der Waals surface area contributed by atoms with Crippen molar-refractivity contribution in [3.63, 3.8) is 0 Å². The summed E-state index contributed by atoms with van der Waals surface area (Å²) in [5.74, 6) is -2.82. The molecule has 2 N–H and O–H groups in total. The third-order valence-electron chi connectivity index (χ3n) is 3.19. The zero-order valence-corrected chi connectivity index (χ0v) is 10.7. The van der Waals surface area contributed by atoms with E-state index < -0.39 is 29.6 Å². The number of hydrogen-bond acceptors (Lipinski definition) is 2. The standard InChI is InChI=1S/C14H15F2NO3/c15-10-3-9(4-11(16)7-10)6-13(18)17-12(14(19)20)5-8-1-2-8/h3-4,7-8,12H,1-2,5-6H2,(H,17,18)(H,19,20). The van der Waals surface area contributed by atoms with Gasteiger partial charge in [0.15, 0.2) is 0 Å². The van der Waals surface area contributed by atoms with E-state index >= 15 is 0 Å². The summed E-state index contributed by atoms with van der Waals surface area (Å²) in [5.41, 5.74) is 0.176. The molecule has 0 bridgehead atoms. The van der Waals surface area contributed by atoms with Crippen LogP contribution in [0.2, 0.25) is 0 Å². The van der Waals surface area contributed by atoms with E-state index in [0.717, 1.165) is 25.0 Å². The monoisotopic (exact) mass is 283 g/mol. The fourth-order valence-electron chi connectivity index (χ4n) is 2.05. The summed E-state index contributed by atoms with van der Waals surface area (Å²) < 4.78 is 26.0. The average molecular weight is 283 g/mol. The quantitative estimate of drug-likeness (QED) is 0.837. The van der Waals surface area contributed by atoms with E-state index in [4.69, 9.17) is 5.11 Å². The lowest BCUT2D eigenvalue weighted by molar-refractivity contribution is -0.142. The van der Waals surface area contributed by atoms with E-state index in [1.165, 1.54) is 0 Å². The van der Waals surface area contributed by atoms with E-state index in [1.54, 1.807) is 0 Å². The van der Waals surface area contributed by atoms with Crippen LogP contribution < -0.4 is 5.32 Å². The Morgan fingerprint density at radius 2 is 1.85 bits per heavy atom. The number of amides is 1. The van der Waals surface area contributed by atoms with E-state index in [-0.39, 0.29) is 12.0 Å². The topological polar surface area (TPSA) is 66.4 Å². The number of carbonyl (C=O) groups excluding carboxylic acids is 1. The van der Waals surface area contributed by atoms with Crippen LogP contribution in [-0.2, 0) is 16.0 Å². The first-order chi connectivity index (χ1) is 9.44. The van der Waals surface area contributed by atoms with Crippen LogP contribution in [-0.4, -0.2) is 23.0 Å². The zero-order valence-electron chi connectivity index (χ0n) is 10.7. The Kier molecular flexibility index (Phi) is 4.32. The maximum atomic E-state index is 13.0. The maximum absolute atomic E-state index is 13.0. The number of benzene rings is 1. The molecule has 4 nitrogen and oxygen atoms in total. The molecule has 0 saturated heterocycles. The first-order valence-electron chi connectivity index (χ1n) is 6.41. The van der Waals surface area contributed by atoms with Crippen molar-refractivity contribution in [3.05, 3.63) is 35.4 Å². The SMILES string of the molecule is O=C(Cc1cc(F)cc(F)c1)NC(CC1CC1)C(=O)O. The molecule has 0 aromatic heterocycles. The highest BCUT2D eigenvalue weighted by Crippen LogP contribution is 2.33. The number of hydrogen-bond donors (Lipinski definition) is 2. The first-order valence-corrected chi connectivity index (χ1v) is 6.41. The molecule has 1 unspecified atom stereocenters. The Morgan fingerprint density at radius 3 is 2.35 bits per heavy atom. The Hall–Kier alpha value is -1.98. The lowest BCUT2D eigenvalue weighted by Gasteiger charge is -2.14. The van der Waals surface area contributed by atoms with Crippen LogP contribution in [0.1, 0.15) is 24.8 Å². The average Bonchev–Trinajstić information content (AvgIpc) is 3.10. The van der Waals surface area contributed by atoms with Crippen molar-refractivity contribution in [2.24, 2.45) is 5.92 Å². The van der Waals surface area contributed by atoms with Crippen molar-refractivity contribution in [2.75, 3.05) is 0 Å². The van der Waals surface area contributed by atoms with Gasteiger partial charge in [-0.1, -0.05) is 12.8 Å². The van der Waals surface area contributed by atoms with Gasteiger partial charge in [-0.3, -0.25) is 4.79 Å². The zero-order chi connectivity index (χ0) is 14.7. The number of carbonyl (C=O) groups is 2. The van der Waals surface area contributed by atoms with Gasteiger partial charge >= 0.3 is 5.97 Å². The Bertz CT molecular complexity index is 509. The predicted octanol–water partition coefficient (Wildman–Crippen LogP) is 1.88. The highest BCUT2D eigenvalue weighted by atomic mass is 19.1. The van der Waals surface area contributed by atoms with Crippen molar-refractivity contribution in [3.8, 4) is 0 Å². The highest BCUT2D eigenvalue weighted by Gasteiger charge is 2.30. The summed E-state index contributed by atoms with van der Waals surface area (Å²) in [6.07, 6.45) is 2.12. The fourth-order valence-corrected chi connectivity index (χ4v) is 2.05. The normalized spacial score (nSPS) is 15.7. The minimum absolute atomic E-state index is 0.176. The lowest BCUT2D eigenvalue weighted by Crippen LogP contribution is -2.41. The van der Waals surface area contributed by atoms with Crippen LogP contribution in [0.15, 0.2) is 18.2 Å². The summed E-state index contributed by atoms with van der Waals surface area (Å²) in [7, 11) is 0. The molecule has 1 amide bonds. The summed E-state index contributed by atoms with van der Waals surface area (Å²) in [4.78, 5) is 22.8. The van der Waals surface area contributed by atoms with Crippen LogP contribution in [0.25, 0.3) is 0 Å². The molecular weight excluding hydrogens is 268 g/mol. The molecule has 1 aromatic rings. The number of rotatable bonds is 6. The summed E-state index contributed by atoms with van der Waals surface area (Å²) in [6.45, 7) is 0. The first kappa shape index (κ1) is 14.4. The molecule has 1 fully saturated rings. The molecule has 108 valence electrons. The Morgan fingerprint density at radius 1 is 1.25 bits per heavy atom. The smallest absolute Gasteiger partial charge is 0.326 e. The van der Waals surface area contributed by atoms with Gasteiger partial charge in [-0.05, 0) is 30.0 Å². The van der Waals surface area contributed by atoms with Crippen molar-refractivity contribution in [1.29, 1.82) is 0 Å². The van der Waals surface area contributed by atoms with E-state index in [1.807, 2.05) is 0 Å². The lowest BCUT2D eigenvalue weighted by atomic mass is 10.1. The third kappa shape index (κ3) is 4.29. The van der Waals surface area contributed by atoms with Crippen LogP contribution in [0.5, 0.6) is 0 Å². The molecule has 20 heavy (non-hydrogen) atoms. The van der Waals surface area contributed by atoms with Gasteiger partial charge < -0.3 is 10.4 Å². The maximum Gasteiger partial charge on any atom is 0.326 e. The predicted molar refractivity (Wildman–Crippen MR) is 67.0 cm³/mol. The highest BCUT2D eigenvalue weighted by molar-refractivity contribution is 5.84. The molecule has 6 heteroatoms. The summed E-state index contributed by atoms with van der Waals surface area (Å²) in [6, 6.07) is 1.89. The molecule has 0 radical (unpaired) electrons. The van der Waals surface area contributed by atoms with Gasteiger partial charge in [-0.2, -0.15) is 0 Å². The molecule has 1 aliphatic carbocycles. The number of carboxylic acid groups (broad SMARTS) is 1. The molecule has 1 atom stereocenters. The minimum Gasteiger partial charge on any atom is -0.480 e. The van der Waals surface area contributed by atoms with Crippen LogP contribution in [0, 0.1) is 17.6 Å². The Labute approximate surface area is 114 Å². The number of carboxylic acids is 1. The largest absolute Gasteiger partial charge is 0.480 e. The van der Waals surface area contributed by atoms with E-state index in [0.29, 0.717) is 18.4 Å².